The van der Waals surface area contributed by atoms with Crippen LogP contribution in [0.15, 0.2) is 54.9 Å². The molecule has 0 aliphatic carbocycles. The van der Waals surface area contributed by atoms with Crippen LogP contribution in [0.25, 0.3) is 10.2 Å². The van der Waals surface area contributed by atoms with E-state index in [4.69, 9.17) is 9.47 Å². The van der Waals surface area contributed by atoms with Gasteiger partial charge in [0.25, 0.3) is 0 Å². The minimum atomic E-state index is -0.157. The number of benzene rings is 2. The van der Waals surface area contributed by atoms with Crippen LogP contribution < -0.4 is 19.7 Å². The third-order valence-electron chi connectivity index (χ3n) is 6.29. The van der Waals surface area contributed by atoms with Crippen LogP contribution in [0.4, 0.5) is 10.9 Å². The smallest absolute Gasteiger partial charge is 0.224 e. The molecule has 1 saturated heterocycles. The summed E-state index contributed by atoms with van der Waals surface area (Å²) >= 11 is 1.40. The van der Waals surface area contributed by atoms with Gasteiger partial charge < -0.3 is 19.7 Å². The number of carbonyl (C=O) groups is 1. The van der Waals surface area contributed by atoms with E-state index in [1.165, 1.54) is 30.2 Å². The summed E-state index contributed by atoms with van der Waals surface area (Å²) in [4.78, 5) is 29.5. The van der Waals surface area contributed by atoms with Crippen molar-refractivity contribution in [2.75, 3.05) is 43.5 Å². The molecule has 1 aliphatic rings. The third-order valence-corrected chi connectivity index (χ3v) is 7.23. The lowest BCUT2D eigenvalue weighted by Gasteiger charge is -2.38. The molecular formula is C26H28N6O3S. The second-order valence-electron chi connectivity index (χ2n) is 8.59. The highest BCUT2D eigenvalue weighted by atomic mass is 32.1. The number of amides is 1. The lowest BCUT2D eigenvalue weighted by molar-refractivity contribution is -0.114. The van der Waals surface area contributed by atoms with Gasteiger partial charge in [0.15, 0.2) is 10.9 Å². The number of carbonyl (C=O) groups excluding carboxylic acids is 1. The van der Waals surface area contributed by atoms with Crippen molar-refractivity contribution in [1.82, 2.24) is 19.9 Å². The van der Waals surface area contributed by atoms with Gasteiger partial charge in [-0.15, -0.1) is 0 Å². The normalized spacial score (nSPS) is 15.0. The van der Waals surface area contributed by atoms with Gasteiger partial charge in [-0.2, -0.15) is 0 Å². The Bertz CT molecular complexity index is 1350. The van der Waals surface area contributed by atoms with Gasteiger partial charge in [0.2, 0.25) is 11.8 Å². The highest BCUT2D eigenvalue weighted by Gasteiger charge is 2.23. The molecule has 2 aromatic carbocycles. The Balaban J connectivity index is 1.25. The fourth-order valence-corrected chi connectivity index (χ4v) is 5.24. The zero-order valence-electron chi connectivity index (χ0n) is 20.5. The summed E-state index contributed by atoms with van der Waals surface area (Å²) in [6.45, 7) is 7.28. The molecule has 1 N–H and O–H groups in total. The van der Waals surface area contributed by atoms with Gasteiger partial charge in [-0.1, -0.05) is 29.5 Å². The highest BCUT2D eigenvalue weighted by molar-refractivity contribution is 7.22. The number of para-hydroxylation sites is 1. The number of anilines is 2. The van der Waals surface area contributed by atoms with Crippen LogP contribution in [0.2, 0.25) is 0 Å². The second kappa shape index (κ2) is 10.5. The molecule has 0 radical (unpaired) electrons. The first kappa shape index (κ1) is 24.0. The zero-order valence-corrected chi connectivity index (χ0v) is 21.3. The van der Waals surface area contributed by atoms with Crippen molar-refractivity contribution in [3.63, 3.8) is 0 Å². The summed E-state index contributed by atoms with van der Waals surface area (Å²) < 4.78 is 12.3. The van der Waals surface area contributed by atoms with Crippen LogP contribution in [0.5, 0.6) is 17.4 Å². The third kappa shape index (κ3) is 5.24. The Hall–Kier alpha value is -3.76. The lowest BCUT2D eigenvalue weighted by Crippen LogP contribution is -2.47. The van der Waals surface area contributed by atoms with E-state index in [0.717, 1.165) is 42.4 Å². The molecule has 1 atom stereocenters. The molecule has 186 valence electrons. The Kier molecular flexibility index (Phi) is 6.97. The van der Waals surface area contributed by atoms with Crippen molar-refractivity contribution in [1.29, 1.82) is 0 Å². The summed E-state index contributed by atoms with van der Waals surface area (Å²) in [6.07, 6.45) is 1.53. The molecule has 3 heterocycles. The van der Waals surface area contributed by atoms with Crippen LogP contribution >= 0.6 is 11.3 Å². The molecule has 2 aromatic heterocycles. The molecular weight excluding hydrogens is 476 g/mol. The highest BCUT2D eigenvalue weighted by Crippen LogP contribution is 2.35. The average molecular weight is 505 g/mol. The first-order valence-electron chi connectivity index (χ1n) is 11.8. The predicted octanol–water partition coefficient (Wildman–Crippen LogP) is 4.73. The van der Waals surface area contributed by atoms with Crippen LogP contribution in [-0.4, -0.2) is 59.0 Å². The number of methoxy groups -OCH3 is 1. The van der Waals surface area contributed by atoms with Crippen molar-refractivity contribution in [2.24, 2.45) is 0 Å². The molecule has 0 unspecified atom stereocenters. The van der Waals surface area contributed by atoms with E-state index in [9.17, 15) is 4.79 Å². The summed E-state index contributed by atoms with van der Waals surface area (Å²) in [7, 11) is 1.69. The molecule has 5 rings (SSSR count). The molecule has 0 bridgehead atoms. The number of hydrogen-bond donors (Lipinski definition) is 1. The SMILES string of the molecule is COc1ccc([C@H](C)N2CCN(c3cc(Oc4cccc5sc(NC(C)=O)nc45)ncn3)CC2)cc1. The molecule has 1 amide bonds. The molecule has 36 heavy (non-hydrogen) atoms. The number of hydrogen-bond acceptors (Lipinski definition) is 9. The number of aromatic nitrogens is 3. The number of piperazine rings is 1. The number of nitrogens with zero attached hydrogens (tertiary/aromatic N) is 5. The van der Waals surface area contributed by atoms with Crippen LogP contribution in [0, 0.1) is 0 Å². The standard InChI is InChI=1S/C26H28N6O3S/c1-17(19-7-9-20(34-3)10-8-19)31-11-13-32(14-12-31)23-15-24(28-16-27-23)35-21-5-4-6-22-25(21)30-26(36-22)29-18(2)33/h4-10,15-17H,11-14H2,1-3H3,(H,29,30,33)/t17-/m0/s1. The van der Waals surface area contributed by atoms with Crippen molar-refractivity contribution >= 4 is 38.4 Å². The van der Waals surface area contributed by atoms with Gasteiger partial charge in [-0.25, -0.2) is 15.0 Å². The van der Waals surface area contributed by atoms with Crippen molar-refractivity contribution in [2.45, 2.75) is 19.9 Å². The van der Waals surface area contributed by atoms with Gasteiger partial charge in [-0.3, -0.25) is 9.69 Å². The van der Waals surface area contributed by atoms with Crippen LogP contribution in [0.1, 0.15) is 25.5 Å². The number of ether oxygens (including phenoxy) is 2. The quantitative estimate of drug-likeness (QED) is 0.386. The van der Waals surface area contributed by atoms with Gasteiger partial charge in [-0.05, 0) is 36.8 Å². The van der Waals surface area contributed by atoms with E-state index >= 15 is 0 Å². The van der Waals surface area contributed by atoms with Gasteiger partial charge >= 0.3 is 0 Å². The summed E-state index contributed by atoms with van der Waals surface area (Å²) in [5.74, 6) is 2.59. The maximum absolute atomic E-state index is 11.4. The summed E-state index contributed by atoms with van der Waals surface area (Å²) in [6, 6.07) is 16.2. The number of rotatable bonds is 7. The van der Waals surface area contributed by atoms with Gasteiger partial charge in [0, 0.05) is 45.2 Å². The van der Waals surface area contributed by atoms with Crippen molar-refractivity contribution < 1.29 is 14.3 Å². The number of fused-ring (bicyclic) bond motifs is 1. The van der Waals surface area contributed by atoms with E-state index in [1.54, 1.807) is 7.11 Å². The minimum absolute atomic E-state index is 0.157. The monoisotopic (exact) mass is 504 g/mol. The molecule has 1 fully saturated rings. The van der Waals surface area contributed by atoms with Gasteiger partial charge in [0.05, 0.1) is 11.8 Å². The van der Waals surface area contributed by atoms with Crippen molar-refractivity contribution in [3.05, 3.63) is 60.4 Å². The molecule has 1 aliphatic heterocycles. The maximum atomic E-state index is 11.4. The van der Waals surface area contributed by atoms with Crippen LogP contribution in [0.3, 0.4) is 0 Å². The van der Waals surface area contributed by atoms with E-state index in [0.29, 0.717) is 28.3 Å². The van der Waals surface area contributed by atoms with Crippen molar-refractivity contribution in [3.8, 4) is 17.4 Å². The fraction of sp³-hybridized carbons (Fsp3) is 0.308. The molecule has 0 spiro atoms. The van der Waals surface area contributed by atoms with E-state index in [-0.39, 0.29) is 5.91 Å². The topological polar surface area (TPSA) is 92.7 Å². The molecule has 10 heteroatoms. The Labute approximate surface area is 213 Å². The fourth-order valence-electron chi connectivity index (χ4n) is 4.31. The minimum Gasteiger partial charge on any atom is -0.497 e. The first-order valence-corrected chi connectivity index (χ1v) is 12.6. The average Bonchev–Trinajstić information content (AvgIpc) is 3.31. The summed E-state index contributed by atoms with van der Waals surface area (Å²) in [5, 5.41) is 3.28. The number of thiazole rings is 1. The second-order valence-corrected chi connectivity index (χ2v) is 9.62. The summed E-state index contributed by atoms with van der Waals surface area (Å²) in [5.41, 5.74) is 1.97. The Morgan fingerprint density at radius 1 is 1.08 bits per heavy atom. The predicted molar refractivity (Wildman–Crippen MR) is 141 cm³/mol. The number of nitrogens with one attached hydrogen (secondary N) is 1. The Morgan fingerprint density at radius 2 is 1.86 bits per heavy atom. The molecule has 0 saturated carbocycles. The van der Waals surface area contributed by atoms with Gasteiger partial charge in [0.1, 0.15) is 23.4 Å². The lowest BCUT2D eigenvalue weighted by atomic mass is 10.1. The van der Waals surface area contributed by atoms with E-state index < -0.39 is 0 Å². The first-order chi connectivity index (χ1) is 17.5. The van der Waals surface area contributed by atoms with Crippen LogP contribution in [-0.2, 0) is 4.79 Å². The maximum Gasteiger partial charge on any atom is 0.224 e. The Morgan fingerprint density at radius 3 is 2.58 bits per heavy atom. The van der Waals surface area contributed by atoms with E-state index in [2.05, 4.69) is 49.1 Å². The van der Waals surface area contributed by atoms with E-state index in [1.807, 2.05) is 36.4 Å². The molecule has 9 nitrogen and oxygen atoms in total. The largest absolute Gasteiger partial charge is 0.497 e. The molecule has 4 aromatic rings. The zero-order chi connectivity index (χ0) is 25.1.